The second kappa shape index (κ2) is 9.69. The molecule has 3 aromatic rings. The Balaban J connectivity index is 1.82. The summed E-state index contributed by atoms with van der Waals surface area (Å²) in [5.41, 5.74) is 0.787. The fourth-order valence-corrected chi connectivity index (χ4v) is 3.77. The van der Waals surface area contributed by atoms with E-state index in [0.29, 0.717) is 38.3 Å². The molecule has 2 aromatic carbocycles. The van der Waals surface area contributed by atoms with E-state index in [9.17, 15) is 9.59 Å². The third kappa shape index (κ3) is 4.77. The average Bonchev–Trinajstić information content (AvgIpc) is 2.74. The van der Waals surface area contributed by atoms with Gasteiger partial charge in [0.15, 0.2) is 5.16 Å². The third-order valence-corrected chi connectivity index (χ3v) is 5.42. The van der Waals surface area contributed by atoms with Gasteiger partial charge >= 0.3 is 0 Å². The van der Waals surface area contributed by atoms with E-state index in [1.807, 2.05) is 0 Å². The summed E-state index contributed by atoms with van der Waals surface area (Å²) in [7, 11) is 3.06. The van der Waals surface area contributed by atoms with Crippen molar-refractivity contribution >= 4 is 45.9 Å². The van der Waals surface area contributed by atoms with E-state index in [1.165, 1.54) is 11.7 Å². The Morgan fingerprint density at radius 1 is 1.27 bits per heavy atom. The molecule has 7 nitrogen and oxygen atoms in total. The summed E-state index contributed by atoms with van der Waals surface area (Å²) in [4.78, 5) is 29.8. The van der Waals surface area contributed by atoms with Crippen LogP contribution in [0.1, 0.15) is 0 Å². The van der Waals surface area contributed by atoms with Crippen molar-refractivity contribution in [2.24, 2.45) is 0 Å². The standard InChI is InChI=1S/C21H20ClN3O4S/c1-4-9-25-20(27)15-7-5-13(22)10-17(15)24-21(25)30-12-19(26)23-16-8-6-14(28-2)11-18(16)29-3/h4-8,10-11H,1,9,12H2,2-3H3,(H,23,26). The summed E-state index contributed by atoms with van der Waals surface area (Å²) in [5, 5.41) is 4.15. The highest BCUT2D eigenvalue weighted by atomic mass is 35.5. The van der Waals surface area contributed by atoms with Crippen molar-refractivity contribution in [3.8, 4) is 11.5 Å². The predicted octanol–water partition coefficient (Wildman–Crippen LogP) is 3.98. The zero-order chi connectivity index (χ0) is 21.7. The minimum atomic E-state index is -0.269. The number of nitrogens with zero attached hydrogens (tertiary/aromatic N) is 2. The van der Waals surface area contributed by atoms with E-state index in [4.69, 9.17) is 21.1 Å². The average molecular weight is 446 g/mol. The van der Waals surface area contributed by atoms with E-state index in [0.717, 1.165) is 11.8 Å². The summed E-state index contributed by atoms with van der Waals surface area (Å²) in [5.74, 6) is 0.876. The van der Waals surface area contributed by atoms with Gasteiger partial charge in [0.25, 0.3) is 5.56 Å². The van der Waals surface area contributed by atoms with Gasteiger partial charge < -0.3 is 14.8 Å². The van der Waals surface area contributed by atoms with E-state index in [2.05, 4.69) is 16.9 Å². The maximum absolute atomic E-state index is 12.8. The number of hydrogen-bond donors (Lipinski definition) is 1. The molecule has 0 aliphatic heterocycles. The Hall–Kier alpha value is -2.97. The number of methoxy groups -OCH3 is 2. The first-order valence-electron chi connectivity index (χ1n) is 8.92. The van der Waals surface area contributed by atoms with Gasteiger partial charge in [0.1, 0.15) is 11.5 Å². The lowest BCUT2D eigenvalue weighted by molar-refractivity contribution is -0.113. The molecule has 0 radical (unpaired) electrons. The van der Waals surface area contributed by atoms with E-state index < -0.39 is 0 Å². The van der Waals surface area contributed by atoms with Crippen LogP contribution in [-0.4, -0.2) is 35.4 Å². The molecule has 3 rings (SSSR count). The van der Waals surface area contributed by atoms with Gasteiger partial charge in [0.2, 0.25) is 5.91 Å². The molecular formula is C21H20ClN3O4S. The molecule has 0 aliphatic carbocycles. The van der Waals surface area contributed by atoms with Gasteiger partial charge in [-0.1, -0.05) is 29.4 Å². The molecule has 0 bridgehead atoms. The number of nitrogens with one attached hydrogen (secondary N) is 1. The van der Waals surface area contributed by atoms with Crippen LogP contribution in [0.4, 0.5) is 5.69 Å². The highest BCUT2D eigenvalue weighted by Crippen LogP contribution is 2.29. The molecule has 0 fully saturated rings. The first-order chi connectivity index (χ1) is 14.5. The second-order valence-electron chi connectivity index (χ2n) is 6.16. The lowest BCUT2D eigenvalue weighted by Crippen LogP contribution is -2.23. The third-order valence-electron chi connectivity index (χ3n) is 4.21. The van der Waals surface area contributed by atoms with Crippen LogP contribution < -0.4 is 20.3 Å². The number of aromatic nitrogens is 2. The van der Waals surface area contributed by atoms with Crippen molar-refractivity contribution in [1.29, 1.82) is 0 Å². The molecule has 1 amide bonds. The van der Waals surface area contributed by atoms with Gasteiger partial charge in [-0.3, -0.25) is 14.2 Å². The molecule has 0 saturated heterocycles. The smallest absolute Gasteiger partial charge is 0.262 e. The SMILES string of the molecule is C=CCn1c(SCC(=O)Nc2ccc(OC)cc2OC)nc2cc(Cl)ccc2c1=O. The number of amides is 1. The predicted molar refractivity (Wildman–Crippen MR) is 120 cm³/mol. The molecule has 156 valence electrons. The van der Waals surface area contributed by atoms with Gasteiger partial charge in [0.05, 0.1) is 36.6 Å². The minimum Gasteiger partial charge on any atom is -0.497 e. The molecule has 0 atom stereocenters. The molecule has 0 unspecified atom stereocenters. The summed E-state index contributed by atoms with van der Waals surface area (Å²) in [6.07, 6.45) is 1.61. The minimum absolute atomic E-state index is 0.0465. The number of benzene rings is 2. The summed E-state index contributed by atoms with van der Waals surface area (Å²) >= 11 is 7.19. The zero-order valence-electron chi connectivity index (χ0n) is 16.5. The number of ether oxygens (including phenoxy) is 2. The van der Waals surface area contributed by atoms with E-state index >= 15 is 0 Å². The Morgan fingerprint density at radius 3 is 2.77 bits per heavy atom. The van der Waals surface area contributed by atoms with E-state index in [1.54, 1.807) is 49.6 Å². The van der Waals surface area contributed by atoms with Gasteiger partial charge in [-0.2, -0.15) is 0 Å². The molecule has 1 aromatic heterocycles. The quantitative estimate of drug-likeness (QED) is 0.321. The maximum atomic E-state index is 12.8. The van der Waals surface area contributed by atoms with Crippen molar-refractivity contribution in [2.75, 3.05) is 25.3 Å². The van der Waals surface area contributed by atoms with Crippen molar-refractivity contribution in [3.63, 3.8) is 0 Å². The highest BCUT2D eigenvalue weighted by Gasteiger charge is 2.14. The number of anilines is 1. The molecular weight excluding hydrogens is 426 g/mol. The number of carbonyl (C=O) groups is 1. The maximum Gasteiger partial charge on any atom is 0.262 e. The lowest BCUT2D eigenvalue weighted by Gasteiger charge is -2.13. The number of rotatable bonds is 8. The molecule has 0 spiro atoms. The molecule has 0 aliphatic rings. The Morgan fingerprint density at radius 2 is 2.07 bits per heavy atom. The van der Waals surface area contributed by atoms with Crippen LogP contribution >= 0.6 is 23.4 Å². The number of halogens is 1. The number of fused-ring (bicyclic) bond motifs is 1. The fourth-order valence-electron chi connectivity index (χ4n) is 2.79. The normalized spacial score (nSPS) is 10.6. The Kier molecular flexibility index (Phi) is 7.02. The molecule has 1 N–H and O–H groups in total. The van der Waals surface area contributed by atoms with Crippen LogP contribution in [0.2, 0.25) is 5.02 Å². The summed E-state index contributed by atoms with van der Waals surface area (Å²) < 4.78 is 11.9. The molecule has 9 heteroatoms. The number of hydrogen-bond acceptors (Lipinski definition) is 6. The van der Waals surface area contributed by atoms with Gasteiger partial charge in [-0.15, -0.1) is 6.58 Å². The Bertz CT molecular complexity index is 1160. The lowest BCUT2D eigenvalue weighted by atomic mass is 10.2. The second-order valence-corrected chi connectivity index (χ2v) is 7.54. The van der Waals surface area contributed by atoms with Crippen molar-refractivity contribution in [1.82, 2.24) is 9.55 Å². The molecule has 1 heterocycles. The van der Waals surface area contributed by atoms with Crippen LogP contribution in [-0.2, 0) is 11.3 Å². The molecule has 30 heavy (non-hydrogen) atoms. The van der Waals surface area contributed by atoms with Crippen LogP contribution in [0.15, 0.2) is 59.0 Å². The number of carbonyl (C=O) groups excluding carboxylic acids is 1. The monoisotopic (exact) mass is 445 g/mol. The number of thioether (sulfide) groups is 1. The van der Waals surface area contributed by atoms with Crippen LogP contribution in [0.25, 0.3) is 10.9 Å². The zero-order valence-corrected chi connectivity index (χ0v) is 18.0. The number of allylic oxidation sites excluding steroid dienone is 1. The van der Waals surface area contributed by atoms with Crippen LogP contribution in [0.3, 0.4) is 0 Å². The van der Waals surface area contributed by atoms with Crippen LogP contribution in [0.5, 0.6) is 11.5 Å². The summed E-state index contributed by atoms with van der Waals surface area (Å²) in [6.45, 7) is 3.97. The van der Waals surface area contributed by atoms with E-state index in [-0.39, 0.29) is 23.8 Å². The largest absolute Gasteiger partial charge is 0.497 e. The van der Waals surface area contributed by atoms with Crippen molar-refractivity contribution in [3.05, 3.63) is 64.4 Å². The van der Waals surface area contributed by atoms with Crippen molar-refractivity contribution in [2.45, 2.75) is 11.7 Å². The van der Waals surface area contributed by atoms with Gasteiger partial charge in [0, 0.05) is 17.6 Å². The fraction of sp³-hybridized carbons (Fsp3) is 0.190. The van der Waals surface area contributed by atoms with Gasteiger partial charge in [-0.05, 0) is 30.3 Å². The molecule has 0 saturated carbocycles. The van der Waals surface area contributed by atoms with Gasteiger partial charge in [-0.25, -0.2) is 4.98 Å². The first kappa shape index (κ1) is 21.7. The Labute approximate surface area is 182 Å². The summed E-state index contributed by atoms with van der Waals surface area (Å²) in [6, 6.07) is 10.0. The first-order valence-corrected chi connectivity index (χ1v) is 10.3. The van der Waals surface area contributed by atoms with Crippen molar-refractivity contribution < 1.29 is 14.3 Å². The topological polar surface area (TPSA) is 82.5 Å². The highest BCUT2D eigenvalue weighted by molar-refractivity contribution is 7.99. The van der Waals surface area contributed by atoms with Crippen LogP contribution in [0, 0.1) is 0 Å².